The first-order valence-corrected chi connectivity index (χ1v) is 9.70. The highest BCUT2D eigenvalue weighted by Crippen LogP contribution is 2.26. The molecule has 0 aliphatic rings. The zero-order chi connectivity index (χ0) is 21.0. The van der Waals surface area contributed by atoms with E-state index in [1.54, 1.807) is 25.1 Å². The van der Waals surface area contributed by atoms with Crippen LogP contribution in [0.1, 0.15) is 18.9 Å². The molecule has 1 amide bonds. The predicted octanol–water partition coefficient (Wildman–Crippen LogP) is 2.97. The first kappa shape index (κ1) is 20.3. The number of thioether (sulfide) groups is 1. The molecule has 3 rings (SSSR count). The van der Waals surface area contributed by atoms with Gasteiger partial charge in [0.25, 0.3) is 5.69 Å². The number of nitrogens with one attached hydrogen (secondary N) is 2. The third-order valence-electron chi connectivity index (χ3n) is 4.23. The molecular formula is C19H19N4O5S+. The molecule has 1 aromatic heterocycles. The monoisotopic (exact) mass is 415 g/mol. The molecule has 0 fully saturated rings. The summed E-state index contributed by atoms with van der Waals surface area (Å²) in [6.07, 6.45) is 0.434. The number of nitrogens with zero attached hydrogens (tertiary/aromatic N) is 2. The summed E-state index contributed by atoms with van der Waals surface area (Å²) in [5.74, 6) is -0.360. The maximum absolute atomic E-state index is 12.8. The largest absolute Gasteiger partial charge is 0.442 e. The molecule has 1 unspecified atom stereocenters. The smallest absolute Gasteiger partial charge is 0.325 e. The number of amides is 1. The molecule has 0 aliphatic carbocycles. The number of aromatic amines is 1. The topological polar surface area (TPSA) is 122 Å². The van der Waals surface area contributed by atoms with Crippen molar-refractivity contribution < 1.29 is 18.9 Å². The molecule has 0 saturated heterocycles. The fraction of sp³-hybridized carbons (Fsp3) is 0.211. The predicted molar refractivity (Wildman–Crippen MR) is 107 cm³/mol. The average Bonchev–Trinajstić information content (AvgIpc) is 3.08. The summed E-state index contributed by atoms with van der Waals surface area (Å²) < 4.78 is 6.38. The fourth-order valence-corrected chi connectivity index (χ4v) is 3.63. The SMILES string of the molecule is CCC(Sc1c(=O)o[nH][n+]1-c1ccccc1)C(=O)Nc1cc([N+](=O)[O-])ccc1C. The molecule has 1 heterocycles. The summed E-state index contributed by atoms with van der Waals surface area (Å²) in [5, 5.41) is 15.9. The molecule has 0 saturated carbocycles. The minimum Gasteiger partial charge on any atom is -0.325 e. The Labute approximate surface area is 169 Å². The first-order valence-electron chi connectivity index (χ1n) is 8.82. The van der Waals surface area contributed by atoms with Crippen molar-refractivity contribution in [3.05, 3.63) is 74.6 Å². The summed E-state index contributed by atoms with van der Waals surface area (Å²) in [6.45, 7) is 3.57. The highest BCUT2D eigenvalue weighted by Gasteiger charge is 2.30. The molecule has 3 aromatic rings. The minimum absolute atomic E-state index is 0.111. The van der Waals surface area contributed by atoms with E-state index < -0.39 is 15.8 Å². The summed E-state index contributed by atoms with van der Waals surface area (Å²) in [7, 11) is 0. The molecule has 0 aliphatic heterocycles. The lowest BCUT2D eigenvalue weighted by Crippen LogP contribution is -2.37. The van der Waals surface area contributed by atoms with E-state index in [-0.39, 0.29) is 16.6 Å². The molecule has 1 atom stereocenters. The van der Waals surface area contributed by atoms with E-state index in [4.69, 9.17) is 4.52 Å². The van der Waals surface area contributed by atoms with Gasteiger partial charge in [0.2, 0.25) is 11.6 Å². The molecule has 2 aromatic carbocycles. The van der Waals surface area contributed by atoms with E-state index in [0.29, 0.717) is 23.4 Å². The van der Waals surface area contributed by atoms with Gasteiger partial charge in [-0.05, 0) is 40.6 Å². The number of nitro benzene ring substituents is 1. The van der Waals surface area contributed by atoms with Crippen LogP contribution in [0.15, 0.2) is 62.9 Å². The standard InChI is InChI=1S/C19H18N4O5S/c1-3-16(17(24)20-15-11-14(23(26)27)10-9-12(15)2)29-18-19(25)28-21-22(18)13-7-5-4-6-8-13/h4-11,16H,3H2,1-2H3,(H-,20,21,24,25)/p+1. The third kappa shape index (κ3) is 4.54. The Hall–Kier alpha value is -3.40. The normalized spacial score (nSPS) is 11.8. The second-order valence-corrected chi connectivity index (χ2v) is 7.41. The van der Waals surface area contributed by atoms with E-state index >= 15 is 0 Å². The van der Waals surface area contributed by atoms with Gasteiger partial charge in [-0.15, -0.1) is 0 Å². The number of rotatable bonds is 7. The molecule has 150 valence electrons. The molecule has 0 spiro atoms. The van der Waals surface area contributed by atoms with E-state index in [9.17, 15) is 19.7 Å². The second kappa shape index (κ2) is 8.74. The number of hydrogen-bond acceptors (Lipinski definition) is 6. The Morgan fingerprint density at radius 1 is 1.31 bits per heavy atom. The van der Waals surface area contributed by atoms with Gasteiger partial charge in [-0.2, -0.15) is 0 Å². The third-order valence-corrected chi connectivity index (χ3v) is 5.63. The quantitative estimate of drug-likeness (QED) is 0.265. The molecule has 29 heavy (non-hydrogen) atoms. The van der Waals surface area contributed by atoms with Crippen molar-refractivity contribution in [1.82, 2.24) is 5.27 Å². The summed E-state index contributed by atoms with van der Waals surface area (Å²) in [6, 6.07) is 13.3. The molecule has 2 N–H and O–H groups in total. The molecule has 0 radical (unpaired) electrons. The van der Waals surface area contributed by atoms with Crippen LogP contribution >= 0.6 is 11.8 Å². The lowest BCUT2D eigenvalue weighted by atomic mass is 10.1. The Kier molecular flexibility index (Phi) is 6.13. The maximum Gasteiger partial charge on any atom is 0.442 e. The number of carbonyl (C=O) groups is 1. The van der Waals surface area contributed by atoms with Gasteiger partial charge in [-0.1, -0.05) is 31.2 Å². The van der Waals surface area contributed by atoms with Crippen LogP contribution in [0.25, 0.3) is 5.69 Å². The molecular weight excluding hydrogens is 396 g/mol. The van der Waals surface area contributed by atoms with Gasteiger partial charge in [0.05, 0.1) is 15.9 Å². The van der Waals surface area contributed by atoms with Crippen LogP contribution in [0.3, 0.4) is 0 Å². The Morgan fingerprint density at radius 3 is 2.69 bits per heavy atom. The molecule has 0 bridgehead atoms. The number of para-hydroxylation sites is 1. The molecule has 10 heteroatoms. The Balaban J connectivity index is 1.84. The van der Waals surface area contributed by atoms with E-state index in [2.05, 4.69) is 10.6 Å². The van der Waals surface area contributed by atoms with Gasteiger partial charge in [-0.25, -0.2) is 4.79 Å². The maximum atomic E-state index is 12.8. The first-order chi connectivity index (χ1) is 13.9. The number of aromatic nitrogens is 2. The fourth-order valence-electron chi connectivity index (χ4n) is 2.64. The van der Waals surface area contributed by atoms with Gasteiger partial charge < -0.3 is 5.32 Å². The van der Waals surface area contributed by atoms with E-state index in [1.807, 2.05) is 25.1 Å². The van der Waals surface area contributed by atoms with Crippen LogP contribution in [-0.4, -0.2) is 21.4 Å². The van der Waals surface area contributed by atoms with Crippen molar-refractivity contribution in [2.45, 2.75) is 30.5 Å². The zero-order valence-electron chi connectivity index (χ0n) is 15.7. The highest BCUT2D eigenvalue weighted by molar-refractivity contribution is 8.00. The Bertz CT molecular complexity index is 1090. The summed E-state index contributed by atoms with van der Waals surface area (Å²) in [5.41, 5.74) is 1.05. The zero-order valence-corrected chi connectivity index (χ0v) is 16.6. The lowest BCUT2D eigenvalue weighted by Gasteiger charge is -2.13. The highest BCUT2D eigenvalue weighted by atomic mass is 32.2. The van der Waals surface area contributed by atoms with E-state index in [0.717, 1.165) is 11.8 Å². The number of hydrogen-bond donors (Lipinski definition) is 2. The number of nitro groups is 1. The van der Waals surface area contributed by atoms with Crippen LogP contribution in [0.4, 0.5) is 11.4 Å². The van der Waals surface area contributed by atoms with Gasteiger partial charge in [0.15, 0.2) is 0 Å². The molecule has 9 nitrogen and oxygen atoms in total. The van der Waals surface area contributed by atoms with Gasteiger partial charge in [0, 0.05) is 24.3 Å². The van der Waals surface area contributed by atoms with Gasteiger partial charge >= 0.3 is 10.7 Å². The van der Waals surface area contributed by atoms with Crippen molar-refractivity contribution in [3.63, 3.8) is 0 Å². The van der Waals surface area contributed by atoms with Crippen LogP contribution in [-0.2, 0) is 4.79 Å². The number of non-ortho nitro benzene ring substituents is 1. The number of aryl methyl sites for hydroxylation is 1. The van der Waals surface area contributed by atoms with Crippen LogP contribution in [0, 0.1) is 17.0 Å². The van der Waals surface area contributed by atoms with Gasteiger partial charge in [-0.3, -0.25) is 19.4 Å². The van der Waals surface area contributed by atoms with Crippen LogP contribution in [0.5, 0.6) is 0 Å². The van der Waals surface area contributed by atoms with Crippen LogP contribution < -0.4 is 15.6 Å². The van der Waals surface area contributed by atoms with Crippen molar-refractivity contribution in [3.8, 4) is 5.69 Å². The van der Waals surface area contributed by atoms with Gasteiger partial charge in [0.1, 0.15) is 0 Å². The number of H-pyrrole nitrogens is 1. The minimum atomic E-state index is -0.609. The van der Waals surface area contributed by atoms with Crippen molar-refractivity contribution in [2.24, 2.45) is 0 Å². The lowest BCUT2D eigenvalue weighted by molar-refractivity contribution is -0.704. The summed E-state index contributed by atoms with van der Waals surface area (Å²) >= 11 is 1.07. The summed E-state index contributed by atoms with van der Waals surface area (Å²) in [4.78, 5) is 35.5. The van der Waals surface area contributed by atoms with Crippen LogP contribution in [0.2, 0.25) is 0 Å². The number of benzene rings is 2. The van der Waals surface area contributed by atoms with E-state index in [1.165, 1.54) is 16.8 Å². The van der Waals surface area contributed by atoms with Crippen molar-refractivity contribution in [1.29, 1.82) is 0 Å². The number of anilines is 1. The second-order valence-electron chi connectivity index (χ2n) is 6.22. The number of carbonyl (C=O) groups excluding carboxylic acids is 1. The van der Waals surface area contributed by atoms with Crippen molar-refractivity contribution in [2.75, 3.05) is 5.32 Å². The average molecular weight is 415 g/mol. The van der Waals surface area contributed by atoms with Crippen molar-refractivity contribution >= 4 is 29.0 Å². The Morgan fingerprint density at radius 2 is 2.03 bits per heavy atom.